The van der Waals surface area contributed by atoms with Gasteiger partial charge in [-0.1, -0.05) is 12.1 Å². The molecule has 0 saturated carbocycles. The van der Waals surface area contributed by atoms with Gasteiger partial charge in [-0.2, -0.15) is 13.2 Å². The van der Waals surface area contributed by atoms with Gasteiger partial charge >= 0.3 is 6.18 Å². The standard InChI is InChI=1S/C14H18F3IN2/c15-14(16,17)6-5-13(20-9-7-19-8-10-20)11-1-3-12(18)4-2-11/h1-4,13,19H,5-10H2/t13-/m0/s1. The van der Waals surface area contributed by atoms with Crippen LogP contribution in [0.5, 0.6) is 0 Å². The Morgan fingerprint density at radius 2 is 1.75 bits per heavy atom. The number of piperazine rings is 1. The Morgan fingerprint density at radius 3 is 2.30 bits per heavy atom. The third-order valence-corrected chi connectivity index (χ3v) is 4.27. The van der Waals surface area contributed by atoms with Crippen LogP contribution in [0.1, 0.15) is 24.4 Å². The van der Waals surface area contributed by atoms with E-state index in [9.17, 15) is 13.2 Å². The number of alkyl halides is 3. The first kappa shape index (κ1) is 16.0. The number of rotatable bonds is 4. The van der Waals surface area contributed by atoms with Crippen molar-refractivity contribution in [3.8, 4) is 0 Å². The minimum atomic E-state index is -4.09. The Kier molecular flexibility index (Phi) is 5.68. The van der Waals surface area contributed by atoms with Crippen LogP contribution in [0.2, 0.25) is 0 Å². The molecule has 0 bridgehead atoms. The lowest BCUT2D eigenvalue weighted by atomic mass is 9.99. The van der Waals surface area contributed by atoms with E-state index in [1.807, 2.05) is 24.3 Å². The van der Waals surface area contributed by atoms with Crippen LogP contribution < -0.4 is 5.32 Å². The van der Waals surface area contributed by atoms with E-state index in [-0.39, 0.29) is 12.5 Å². The summed E-state index contributed by atoms with van der Waals surface area (Å²) in [6.45, 7) is 3.28. The highest BCUT2D eigenvalue weighted by molar-refractivity contribution is 14.1. The quantitative estimate of drug-likeness (QED) is 0.781. The minimum absolute atomic E-state index is 0.129. The van der Waals surface area contributed by atoms with Crippen molar-refractivity contribution in [1.82, 2.24) is 10.2 Å². The fourth-order valence-corrected chi connectivity index (χ4v) is 2.90. The Morgan fingerprint density at radius 1 is 1.15 bits per heavy atom. The molecule has 1 N–H and O–H groups in total. The zero-order valence-electron chi connectivity index (χ0n) is 11.1. The summed E-state index contributed by atoms with van der Waals surface area (Å²) in [7, 11) is 0. The van der Waals surface area contributed by atoms with Crippen LogP contribution in [-0.4, -0.2) is 37.3 Å². The van der Waals surface area contributed by atoms with Crippen molar-refractivity contribution in [2.75, 3.05) is 26.2 Å². The van der Waals surface area contributed by atoms with Crippen molar-refractivity contribution in [3.63, 3.8) is 0 Å². The zero-order chi connectivity index (χ0) is 14.6. The van der Waals surface area contributed by atoms with Gasteiger partial charge in [-0.05, 0) is 46.7 Å². The predicted molar refractivity (Wildman–Crippen MR) is 81.6 cm³/mol. The topological polar surface area (TPSA) is 15.3 Å². The molecule has 20 heavy (non-hydrogen) atoms. The van der Waals surface area contributed by atoms with Crippen LogP contribution in [0.15, 0.2) is 24.3 Å². The van der Waals surface area contributed by atoms with Gasteiger partial charge in [0.2, 0.25) is 0 Å². The summed E-state index contributed by atoms with van der Waals surface area (Å²) < 4.78 is 38.7. The fourth-order valence-electron chi connectivity index (χ4n) is 2.54. The van der Waals surface area contributed by atoms with Crippen LogP contribution in [0, 0.1) is 3.57 Å². The summed E-state index contributed by atoms with van der Waals surface area (Å²) in [5, 5.41) is 3.24. The highest BCUT2D eigenvalue weighted by Gasteiger charge is 2.31. The van der Waals surface area contributed by atoms with Gasteiger partial charge in [0.05, 0.1) is 0 Å². The number of hydrogen-bond donors (Lipinski definition) is 1. The molecule has 0 amide bonds. The summed E-state index contributed by atoms with van der Waals surface area (Å²) in [4.78, 5) is 2.16. The van der Waals surface area contributed by atoms with Crippen LogP contribution >= 0.6 is 22.6 Å². The lowest BCUT2D eigenvalue weighted by Gasteiger charge is -2.35. The number of nitrogens with zero attached hydrogens (tertiary/aromatic N) is 1. The van der Waals surface area contributed by atoms with Crippen LogP contribution in [-0.2, 0) is 0 Å². The van der Waals surface area contributed by atoms with Crippen molar-refractivity contribution < 1.29 is 13.2 Å². The highest BCUT2D eigenvalue weighted by atomic mass is 127. The van der Waals surface area contributed by atoms with Crippen LogP contribution in [0.25, 0.3) is 0 Å². The summed E-state index contributed by atoms with van der Waals surface area (Å²) >= 11 is 2.20. The molecular formula is C14H18F3IN2. The number of benzene rings is 1. The van der Waals surface area contributed by atoms with Crippen LogP contribution in [0.3, 0.4) is 0 Å². The lowest BCUT2D eigenvalue weighted by molar-refractivity contribution is -0.138. The first-order valence-electron chi connectivity index (χ1n) is 6.73. The fraction of sp³-hybridized carbons (Fsp3) is 0.571. The van der Waals surface area contributed by atoms with Gasteiger partial charge < -0.3 is 5.32 Å². The maximum Gasteiger partial charge on any atom is 0.389 e. The maximum atomic E-state index is 12.5. The molecule has 1 atom stereocenters. The van der Waals surface area contributed by atoms with Gasteiger partial charge in [-0.15, -0.1) is 0 Å². The Bertz CT molecular complexity index is 413. The summed E-state index contributed by atoms with van der Waals surface area (Å²) in [5.74, 6) is 0. The molecule has 0 aromatic heterocycles. The van der Waals surface area contributed by atoms with Gasteiger partial charge in [0.1, 0.15) is 0 Å². The minimum Gasteiger partial charge on any atom is -0.314 e. The molecule has 2 nitrogen and oxygen atoms in total. The average Bonchev–Trinajstić information content (AvgIpc) is 2.41. The predicted octanol–water partition coefficient (Wildman–Crippen LogP) is 3.58. The monoisotopic (exact) mass is 398 g/mol. The van der Waals surface area contributed by atoms with Crippen molar-refractivity contribution in [2.24, 2.45) is 0 Å². The molecule has 1 aliphatic rings. The molecule has 112 valence electrons. The van der Waals surface area contributed by atoms with Gasteiger partial charge in [-0.25, -0.2) is 0 Å². The van der Waals surface area contributed by atoms with Crippen molar-refractivity contribution in [2.45, 2.75) is 25.1 Å². The first-order valence-corrected chi connectivity index (χ1v) is 7.80. The van der Waals surface area contributed by atoms with Crippen molar-refractivity contribution in [1.29, 1.82) is 0 Å². The second-order valence-corrected chi connectivity index (χ2v) is 6.25. The van der Waals surface area contributed by atoms with E-state index in [1.165, 1.54) is 0 Å². The van der Waals surface area contributed by atoms with E-state index >= 15 is 0 Å². The van der Waals surface area contributed by atoms with E-state index in [2.05, 4.69) is 32.8 Å². The van der Waals surface area contributed by atoms with Gasteiger partial charge in [0.15, 0.2) is 0 Å². The molecule has 1 fully saturated rings. The number of hydrogen-bond acceptors (Lipinski definition) is 2. The molecule has 1 saturated heterocycles. The van der Waals surface area contributed by atoms with Crippen LogP contribution in [0.4, 0.5) is 13.2 Å². The molecule has 1 aromatic carbocycles. The van der Waals surface area contributed by atoms with Gasteiger partial charge in [-0.3, -0.25) is 4.90 Å². The second kappa shape index (κ2) is 7.09. The molecule has 2 rings (SSSR count). The number of nitrogens with one attached hydrogen (secondary N) is 1. The lowest BCUT2D eigenvalue weighted by Crippen LogP contribution is -2.45. The van der Waals surface area contributed by atoms with Gasteiger partial charge in [0.25, 0.3) is 0 Å². The van der Waals surface area contributed by atoms with E-state index in [0.717, 1.165) is 35.3 Å². The Hall–Kier alpha value is -0.340. The molecule has 1 aliphatic heterocycles. The molecule has 0 aliphatic carbocycles. The molecular weight excluding hydrogens is 380 g/mol. The Balaban J connectivity index is 2.12. The molecule has 1 heterocycles. The highest BCUT2D eigenvalue weighted by Crippen LogP contribution is 2.31. The molecule has 0 radical (unpaired) electrons. The van der Waals surface area contributed by atoms with Crippen molar-refractivity contribution >= 4 is 22.6 Å². The third kappa shape index (κ3) is 4.89. The smallest absolute Gasteiger partial charge is 0.314 e. The van der Waals surface area contributed by atoms with E-state index in [0.29, 0.717) is 0 Å². The largest absolute Gasteiger partial charge is 0.389 e. The van der Waals surface area contributed by atoms with E-state index in [1.54, 1.807) is 0 Å². The number of halogens is 4. The molecule has 0 spiro atoms. The Labute approximate surface area is 130 Å². The normalized spacial score (nSPS) is 19.0. The average molecular weight is 398 g/mol. The maximum absolute atomic E-state index is 12.5. The first-order chi connectivity index (χ1) is 9.46. The summed E-state index contributed by atoms with van der Waals surface area (Å²) in [6.07, 6.45) is -4.69. The van der Waals surface area contributed by atoms with Gasteiger partial charge in [0, 0.05) is 42.2 Å². The summed E-state index contributed by atoms with van der Waals surface area (Å²) in [6, 6.07) is 7.67. The zero-order valence-corrected chi connectivity index (χ0v) is 13.2. The SMILES string of the molecule is FC(F)(F)CC[C@@H](c1ccc(I)cc1)N1CCNCC1. The van der Waals surface area contributed by atoms with Crippen molar-refractivity contribution in [3.05, 3.63) is 33.4 Å². The third-order valence-electron chi connectivity index (χ3n) is 3.55. The molecule has 0 unspecified atom stereocenters. The molecule has 1 aromatic rings. The second-order valence-electron chi connectivity index (χ2n) is 5.01. The summed E-state index contributed by atoms with van der Waals surface area (Å²) in [5.41, 5.74) is 0.983. The van der Waals surface area contributed by atoms with E-state index < -0.39 is 12.6 Å². The molecule has 6 heteroatoms. The van der Waals surface area contributed by atoms with E-state index in [4.69, 9.17) is 0 Å².